The van der Waals surface area contributed by atoms with Gasteiger partial charge in [0, 0.05) is 30.6 Å². The van der Waals surface area contributed by atoms with Crippen molar-refractivity contribution < 1.29 is 23.5 Å². The molecule has 28 heavy (non-hydrogen) atoms. The van der Waals surface area contributed by atoms with E-state index in [4.69, 9.17) is 13.9 Å². The Labute approximate surface area is 163 Å². The SMILES string of the molecule is COc1cc(OC)cc(C(=O)N2CCC(C(=O)N/N=C\c3ccco3)CC2)c1. The number of piperidine rings is 1. The number of hydrogen-bond acceptors (Lipinski definition) is 6. The lowest BCUT2D eigenvalue weighted by Crippen LogP contribution is -2.42. The van der Waals surface area contributed by atoms with Crippen LogP contribution in [0, 0.1) is 5.92 Å². The second kappa shape index (κ2) is 9.07. The van der Waals surface area contributed by atoms with Gasteiger partial charge in [-0.1, -0.05) is 0 Å². The van der Waals surface area contributed by atoms with Crippen LogP contribution in [-0.2, 0) is 4.79 Å². The van der Waals surface area contributed by atoms with E-state index in [2.05, 4.69) is 10.5 Å². The molecule has 2 amide bonds. The molecule has 0 spiro atoms. The molecule has 8 nitrogen and oxygen atoms in total. The van der Waals surface area contributed by atoms with Crippen molar-refractivity contribution in [3.8, 4) is 11.5 Å². The third kappa shape index (κ3) is 4.70. The van der Waals surface area contributed by atoms with E-state index >= 15 is 0 Å². The number of rotatable bonds is 6. The summed E-state index contributed by atoms with van der Waals surface area (Å²) in [5.74, 6) is 1.25. The molecule has 1 aliphatic heterocycles. The zero-order valence-corrected chi connectivity index (χ0v) is 15.9. The lowest BCUT2D eigenvalue weighted by molar-refractivity contribution is -0.126. The maximum absolute atomic E-state index is 12.8. The van der Waals surface area contributed by atoms with Gasteiger partial charge in [0.1, 0.15) is 17.3 Å². The highest BCUT2D eigenvalue weighted by Gasteiger charge is 2.28. The largest absolute Gasteiger partial charge is 0.497 e. The summed E-state index contributed by atoms with van der Waals surface area (Å²) >= 11 is 0. The van der Waals surface area contributed by atoms with Crippen LogP contribution in [-0.4, -0.2) is 50.2 Å². The zero-order chi connectivity index (χ0) is 19.9. The fraction of sp³-hybridized carbons (Fsp3) is 0.350. The molecule has 1 fully saturated rings. The van der Waals surface area contributed by atoms with E-state index in [1.807, 2.05) is 0 Å². The van der Waals surface area contributed by atoms with Crippen LogP contribution in [0.25, 0.3) is 0 Å². The topological polar surface area (TPSA) is 93.4 Å². The molecule has 1 aromatic carbocycles. The highest BCUT2D eigenvalue weighted by Crippen LogP contribution is 2.25. The first kappa shape index (κ1) is 19.5. The number of methoxy groups -OCH3 is 2. The van der Waals surface area contributed by atoms with Gasteiger partial charge in [0.15, 0.2) is 0 Å². The molecule has 2 heterocycles. The molecule has 1 N–H and O–H groups in total. The highest BCUT2D eigenvalue weighted by atomic mass is 16.5. The number of nitrogens with one attached hydrogen (secondary N) is 1. The Morgan fingerprint density at radius 2 is 1.86 bits per heavy atom. The van der Waals surface area contributed by atoms with Crippen LogP contribution in [0.1, 0.15) is 29.0 Å². The fourth-order valence-electron chi connectivity index (χ4n) is 3.07. The monoisotopic (exact) mass is 385 g/mol. The molecule has 1 aliphatic rings. The number of likely N-dealkylation sites (tertiary alicyclic amines) is 1. The lowest BCUT2D eigenvalue weighted by atomic mass is 9.95. The normalized spacial score (nSPS) is 14.9. The Morgan fingerprint density at radius 3 is 2.43 bits per heavy atom. The molecule has 0 bridgehead atoms. The van der Waals surface area contributed by atoms with Crippen LogP contribution in [0.3, 0.4) is 0 Å². The van der Waals surface area contributed by atoms with Crippen molar-refractivity contribution in [2.24, 2.45) is 11.0 Å². The van der Waals surface area contributed by atoms with Crippen molar-refractivity contribution in [2.75, 3.05) is 27.3 Å². The first-order chi connectivity index (χ1) is 13.6. The van der Waals surface area contributed by atoms with Crippen molar-refractivity contribution in [1.29, 1.82) is 0 Å². The summed E-state index contributed by atoms with van der Waals surface area (Å²) in [5.41, 5.74) is 3.03. The van der Waals surface area contributed by atoms with Crippen LogP contribution in [0.5, 0.6) is 11.5 Å². The number of hydrazone groups is 1. The smallest absolute Gasteiger partial charge is 0.254 e. The van der Waals surface area contributed by atoms with Crippen molar-refractivity contribution in [3.05, 3.63) is 47.9 Å². The molecular formula is C20H23N3O5. The molecule has 0 aliphatic carbocycles. The van der Waals surface area contributed by atoms with Gasteiger partial charge in [-0.25, -0.2) is 5.43 Å². The van der Waals surface area contributed by atoms with Crippen molar-refractivity contribution in [2.45, 2.75) is 12.8 Å². The number of furan rings is 1. The van der Waals surface area contributed by atoms with E-state index in [1.54, 1.807) is 49.5 Å². The Bertz CT molecular complexity index is 817. The molecule has 0 radical (unpaired) electrons. The van der Waals surface area contributed by atoms with E-state index in [-0.39, 0.29) is 17.7 Å². The van der Waals surface area contributed by atoms with E-state index in [0.717, 1.165) is 0 Å². The van der Waals surface area contributed by atoms with Gasteiger partial charge in [-0.05, 0) is 37.1 Å². The average Bonchev–Trinajstić information content (AvgIpc) is 3.26. The van der Waals surface area contributed by atoms with E-state index in [1.165, 1.54) is 12.5 Å². The van der Waals surface area contributed by atoms with Gasteiger partial charge in [-0.3, -0.25) is 9.59 Å². The van der Waals surface area contributed by atoms with E-state index in [9.17, 15) is 9.59 Å². The minimum Gasteiger partial charge on any atom is -0.497 e. The van der Waals surface area contributed by atoms with Crippen molar-refractivity contribution in [3.63, 3.8) is 0 Å². The van der Waals surface area contributed by atoms with Crippen molar-refractivity contribution in [1.82, 2.24) is 10.3 Å². The number of nitrogens with zero attached hydrogens (tertiary/aromatic N) is 2. The number of carbonyl (C=O) groups excluding carboxylic acids is 2. The van der Waals surface area contributed by atoms with Crippen LogP contribution >= 0.6 is 0 Å². The molecule has 1 saturated heterocycles. The molecule has 0 atom stereocenters. The number of benzene rings is 1. The van der Waals surface area contributed by atoms with Gasteiger partial charge in [-0.15, -0.1) is 0 Å². The van der Waals surface area contributed by atoms with Crippen LogP contribution in [0.2, 0.25) is 0 Å². The Kier molecular flexibility index (Phi) is 6.31. The van der Waals surface area contributed by atoms with E-state index < -0.39 is 0 Å². The number of carbonyl (C=O) groups is 2. The molecular weight excluding hydrogens is 362 g/mol. The zero-order valence-electron chi connectivity index (χ0n) is 15.9. The highest BCUT2D eigenvalue weighted by molar-refractivity contribution is 5.95. The molecule has 8 heteroatoms. The predicted molar refractivity (Wildman–Crippen MR) is 103 cm³/mol. The van der Waals surface area contributed by atoms with Gasteiger partial charge < -0.3 is 18.8 Å². The summed E-state index contributed by atoms with van der Waals surface area (Å²) in [7, 11) is 3.09. The first-order valence-corrected chi connectivity index (χ1v) is 8.99. The number of amides is 2. The minimum atomic E-state index is -0.183. The van der Waals surface area contributed by atoms with Gasteiger partial charge in [-0.2, -0.15) is 5.10 Å². The summed E-state index contributed by atoms with van der Waals surface area (Å²) in [4.78, 5) is 26.8. The Hall–Kier alpha value is -3.29. The quantitative estimate of drug-likeness (QED) is 0.608. The summed E-state index contributed by atoms with van der Waals surface area (Å²) in [6, 6.07) is 8.58. The first-order valence-electron chi connectivity index (χ1n) is 8.99. The third-order valence-corrected chi connectivity index (χ3v) is 4.66. The molecule has 0 saturated carbocycles. The van der Waals surface area contributed by atoms with Crippen LogP contribution < -0.4 is 14.9 Å². The van der Waals surface area contributed by atoms with E-state index in [0.29, 0.717) is 48.8 Å². The Morgan fingerprint density at radius 1 is 1.18 bits per heavy atom. The van der Waals surface area contributed by atoms with Crippen LogP contribution in [0.15, 0.2) is 46.1 Å². The maximum Gasteiger partial charge on any atom is 0.254 e. The standard InChI is InChI=1S/C20H23N3O5/c1-26-17-10-15(11-18(12-17)27-2)20(25)23-7-5-14(6-8-23)19(24)22-21-13-16-4-3-9-28-16/h3-4,9-14H,5-8H2,1-2H3,(H,22,24)/b21-13-. The fourth-order valence-corrected chi connectivity index (χ4v) is 3.07. The lowest BCUT2D eigenvalue weighted by Gasteiger charge is -2.31. The molecule has 148 valence electrons. The summed E-state index contributed by atoms with van der Waals surface area (Å²) in [6.07, 6.45) is 4.14. The molecule has 0 unspecified atom stereocenters. The summed E-state index contributed by atoms with van der Waals surface area (Å²) in [6.45, 7) is 0.997. The summed E-state index contributed by atoms with van der Waals surface area (Å²) < 4.78 is 15.6. The molecule has 3 rings (SSSR count). The third-order valence-electron chi connectivity index (χ3n) is 4.66. The maximum atomic E-state index is 12.8. The number of hydrogen-bond donors (Lipinski definition) is 1. The van der Waals surface area contributed by atoms with Gasteiger partial charge >= 0.3 is 0 Å². The average molecular weight is 385 g/mol. The van der Waals surface area contributed by atoms with Crippen molar-refractivity contribution >= 4 is 18.0 Å². The number of ether oxygens (including phenoxy) is 2. The predicted octanol–water partition coefficient (Wildman–Crippen LogP) is 2.30. The molecule has 2 aromatic rings. The van der Waals surface area contributed by atoms with Gasteiger partial charge in [0.2, 0.25) is 5.91 Å². The molecule has 1 aromatic heterocycles. The van der Waals surface area contributed by atoms with Gasteiger partial charge in [0.05, 0.1) is 26.7 Å². The Balaban J connectivity index is 1.54. The summed E-state index contributed by atoms with van der Waals surface area (Å²) in [5, 5.41) is 3.90. The van der Waals surface area contributed by atoms with Gasteiger partial charge in [0.25, 0.3) is 5.91 Å². The van der Waals surface area contributed by atoms with Crippen LogP contribution in [0.4, 0.5) is 0 Å². The second-order valence-electron chi connectivity index (χ2n) is 6.42. The minimum absolute atomic E-state index is 0.105. The second-order valence-corrected chi connectivity index (χ2v) is 6.42.